The molecule has 1 fully saturated rings. The van der Waals surface area contributed by atoms with Gasteiger partial charge in [0, 0.05) is 24.2 Å². The fraction of sp³-hybridized carbons (Fsp3) is 0.250. The zero-order valence-electron chi connectivity index (χ0n) is 16.0. The van der Waals surface area contributed by atoms with Gasteiger partial charge in [0.25, 0.3) is 0 Å². The lowest BCUT2D eigenvalue weighted by Gasteiger charge is -2.34. The van der Waals surface area contributed by atoms with Crippen LogP contribution in [0.15, 0.2) is 73.1 Å². The summed E-state index contributed by atoms with van der Waals surface area (Å²) in [7, 11) is 0. The zero-order valence-corrected chi connectivity index (χ0v) is 16.0. The molecule has 2 aromatic heterocycles. The molecule has 1 aliphatic rings. The average Bonchev–Trinajstić information content (AvgIpc) is 3.22. The standard InChI is InChI=1S/C24H24N4/c1-16-13-20(24-26-15-23-21(28-24)11-12-25-23)14-22(27-16)19-9-7-18(8-10-19)17-5-3-2-4-6-17/h2-12,15-16,20,22,25,27H,13-14H2,1H3. The molecule has 2 N–H and O–H groups in total. The minimum absolute atomic E-state index is 0.323. The molecule has 1 aliphatic heterocycles. The lowest BCUT2D eigenvalue weighted by Crippen LogP contribution is -2.38. The summed E-state index contributed by atoms with van der Waals surface area (Å²) in [5, 5.41) is 3.76. The number of fused-ring (bicyclic) bond motifs is 1. The topological polar surface area (TPSA) is 53.6 Å². The molecule has 0 amide bonds. The zero-order chi connectivity index (χ0) is 18.9. The number of hydrogen-bond donors (Lipinski definition) is 2. The molecule has 3 atom stereocenters. The van der Waals surface area contributed by atoms with Gasteiger partial charge in [0.05, 0.1) is 17.2 Å². The number of aromatic amines is 1. The summed E-state index contributed by atoms with van der Waals surface area (Å²) in [6.07, 6.45) is 5.92. The van der Waals surface area contributed by atoms with E-state index in [-0.39, 0.29) is 0 Å². The van der Waals surface area contributed by atoms with Crippen LogP contribution in [0.3, 0.4) is 0 Å². The van der Waals surface area contributed by atoms with E-state index in [9.17, 15) is 0 Å². The van der Waals surface area contributed by atoms with Gasteiger partial charge in [0.15, 0.2) is 0 Å². The third-order valence-corrected chi connectivity index (χ3v) is 5.75. The van der Waals surface area contributed by atoms with Crippen molar-refractivity contribution < 1.29 is 0 Å². The van der Waals surface area contributed by atoms with Crippen molar-refractivity contribution in [3.8, 4) is 11.1 Å². The van der Waals surface area contributed by atoms with Crippen LogP contribution in [0.1, 0.15) is 43.1 Å². The van der Waals surface area contributed by atoms with E-state index < -0.39 is 0 Å². The van der Waals surface area contributed by atoms with Gasteiger partial charge >= 0.3 is 0 Å². The molecular weight excluding hydrogens is 344 g/mol. The summed E-state index contributed by atoms with van der Waals surface area (Å²) in [6, 6.07) is 22.3. The molecule has 5 rings (SSSR count). The highest BCUT2D eigenvalue weighted by Crippen LogP contribution is 2.36. The molecule has 3 heterocycles. The van der Waals surface area contributed by atoms with Crippen molar-refractivity contribution >= 4 is 11.0 Å². The van der Waals surface area contributed by atoms with Gasteiger partial charge < -0.3 is 10.3 Å². The number of benzene rings is 2. The number of nitrogens with one attached hydrogen (secondary N) is 2. The Morgan fingerprint density at radius 3 is 2.50 bits per heavy atom. The van der Waals surface area contributed by atoms with Crippen LogP contribution in [0.2, 0.25) is 0 Å². The largest absolute Gasteiger partial charge is 0.359 e. The van der Waals surface area contributed by atoms with E-state index in [1.807, 2.05) is 18.5 Å². The SMILES string of the molecule is CC1CC(c2ncc3[nH]ccc3n2)CC(c2ccc(-c3ccccc3)cc2)N1. The van der Waals surface area contributed by atoms with Crippen LogP contribution >= 0.6 is 0 Å². The van der Waals surface area contributed by atoms with Gasteiger partial charge in [-0.25, -0.2) is 9.97 Å². The molecule has 4 aromatic rings. The van der Waals surface area contributed by atoms with E-state index in [1.54, 1.807) is 0 Å². The molecule has 3 unspecified atom stereocenters. The maximum Gasteiger partial charge on any atom is 0.132 e. The first-order valence-electron chi connectivity index (χ1n) is 9.98. The van der Waals surface area contributed by atoms with Gasteiger partial charge in [-0.3, -0.25) is 0 Å². The normalized spacial score (nSPS) is 22.4. The quantitative estimate of drug-likeness (QED) is 0.521. The van der Waals surface area contributed by atoms with Crippen LogP contribution in [-0.2, 0) is 0 Å². The van der Waals surface area contributed by atoms with E-state index in [2.05, 4.69) is 76.8 Å². The summed E-state index contributed by atoms with van der Waals surface area (Å²) in [5.74, 6) is 1.33. The van der Waals surface area contributed by atoms with Crippen molar-refractivity contribution in [3.63, 3.8) is 0 Å². The van der Waals surface area contributed by atoms with Crippen LogP contribution in [0.4, 0.5) is 0 Å². The predicted molar refractivity (Wildman–Crippen MR) is 113 cm³/mol. The lowest BCUT2D eigenvalue weighted by atomic mass is 9.84. The predicted octanol–water partition coefficient (Wildman–Crippen LogP) is 5.22. The Bertz CT molecular complexity index is 1070. The molecular formula is C24H24N4. The van der Waals surface area contributed by atoms with Gasteiger partial charge in [-0.15, -0.1) is 0 Å². The van der Waals surface area contributed by atoms with Gasteiger partial charge in [0.1, 0.15) is 5.82 Å². The number of H-pyrrole nitrogens is 1. The molecule has 4 nitrogen and oxygen atoms in total. The average molecular weight is 368 g/mol. The number of hydrogen-bond acceptors (Lipinski definition) is 3. The molecule has 0 saturated carbocycles. The van der Waals surface area contributed by atoms with E-state index in [0.717, 1.165) is 29.7 Å². The van der Waals surface area contributed by atoms with Crippen molar-refractivity contribution in [2.75, 3.05) is 0 Å². The summed E-state index contributed by atoms with van der Waals surface area (Å²) < 4.78 is 0. The molecule has 140 valence electrons. The minimum atomic E-state index is 0.323. The summed E-state index contributed by atoms with van der Waals surface area (Å²) >= 11 is 0. The van der Waals surface area contributed by atoms with Crippen LogP contribution in [0, 0.1) is 0 Å². The van der Waals surface area contributed by atoms with Gasteiger partial charge in [-0.05, 0) is 42.5 Å². The van der Waals surface area contributed by atoms with E-state index >= 15 is 0 Å². The maximum absolute atomic E-state index is 4.81. The van der Waals surface area contributed by atoms with Crippen LogP contribution in [0.5, 0.6) is 0 Å². The first kappa shape index (κ1) is 17.1. The van der Waals surface area contributed by atoms with E-state index in [1.165, 1.54) is 16.7 Å². The second kappa shape index (κ2) is 7.21. The monoisotopic (exact) mass is 368 g/mol. The van der Waals surface area contributed by atoms with E-state index in [4.69, 9.17) is 4.98 Å². The fourth-order valence-corrected chi connectivity index (χ4v) is 4.32. The smallest absolute Gasteiger partial charge is 0.132 e. The van der Waals surface area contributed by atoms with Gasteiger partial charge in [-0.1, -0.05) is 54.6 Å². The van der Waals surface area contributed by atoms with Crippen molar-refractivity contribution in [1.29, 1.82) is 0 Å². The number of aromatic nitrogens is 3. The molecule has 4 heteroatoms. The van der Waals surface area contributed by atoms with Gasteiger partial charge in [0.2, 0.25) is 0 Å². The highest BCUT2D eigenvalue weighted by molar-refractivity contribution is 5.73. The highest BCUT2D eigenvalue weighted by Gasteiger charge is 2.29. The Morgan fingerprint density at radius 1 is 0.893 bits per heavy atom. The Morgan fingerprint density at radius 2 is 1.68 bits per heavy atom. The summed E-state index contributed by atoms with van der Waals surface area (Å²) in [5.41, 5.74) is 5.84. The van der Waals surface area contributed by atoms with E-state index in [0.29, 0.717) is 18.0 Å². The minimum Gasteiger partial charge on any atom is -0.359 e. The number of rotatable bonds is 3. The Balaban J connectivity index is 1.39. The van der Waals surface area contributed by atoms with Crippen molar-refractivity contribution in [2.24, 2.45) is 0 Å². The third kappa shape index (κ3) is 3.32. The second-order valence-electron chi connectivity index (χ2n) is 7.78. The third-order valence-electron chi connectivity index (χ3n) is 5.75. The van der Waals surface area contributed by atoms with Crippen LogP contribution in [0.25, 0.3) is 22.2 Å². The van der Waals surface area contributed by atoms with Crippen molar-refractivity contribution in [2.45, 2.75) is 37.8 Å². The van der Waals surface area contributed by atoms with Crippen LogP contribution in [-0.4, -0.2) is 21.0 Å². The Kier molecular flexibility index (Phi) is 4.41. The molecule has 2 aromatic carbocycles. The van der Waals surface area contributed by atoms with Crippen molar-refractivity contribution in [3.05, 3.63) is 84.4 Å². The lowest BCUT2D eigenvalue weighted by molar-refractivity contribution is 0.300. The summed E-state index contributed by atoms with van der Waals surface area (Å²) in [4.78, 5) is 12.6. The Labute approximate surface area is 165 Å². The summed E-state index contributed by atoms with van der Waals surface area (Å²) in [6.45, 7) is 2.26. The molecule has 0 spiro atoms. The van der Waals surface area contributed by atoms with Crippen LogP contribution < -0.4 is 5.32 Å². The molecule has 0 aliphatic carbocycles. The van der Waals surface area contributed by atoms with Gasteiger partial charge in [-0.2, -0.15) is 0 Å². The molecule has 0 bridgehead atoms. The maximum atomic E-state index is 4.81. The first-order chi connectivity index (χ1) is 13.8. The number of nitrogens with zero attached hydrogens (tertiary/aromatic N) is 2. The molecule has 1 saturated heterocycles. The van der Waals surface area contributed by atoms with Crippen molar-refractivity contribution in [1.82, 2.24) is 20.3 Å². The Hall–Kier alpha value is -2.98. The fourth-order valence-electron chi connectivity index (χ4n) is 4.32. The highest BCUT2D eigenvalue weighted by atomic mass is 15.0. The second-order valence-corrected chi connectivity index (χ2v) is 7.78. The first-order valence-corrected chi connectivity index (χ1v) is 9.98. The number of piperidine rings is 1. The molecule has 0 radical (unpaired) electrons. The molecule has 28 heavy (non-hydrogen) atoms.